The Morgan fingerprint density at radius 3 is 2.57 bits per heavy atom. The molecule has 0 spiro atoms. The van der Waals surface area contributed by atoms with Gasteiger partial charge in [-0.05, 0) is 55.5 Å². The summed E-state index contributed by atoms with van der Waals surface area (Å²) in [7, 11) is 0. The van der Waals surface area contributed by atoms with Gasteiger partial charge in [0.1, 0.15) is 6.04 Å². The number of rotatable bonds is 4. The Labute approximate surface area is 203 Å². The maximum absolute atomic E-state index is 13.2. The number of anilines is 1. The average molecular weight is 508 g/mol. The van der Waals surface area contributed by atoms with E-state index >= 15 is 0 Å². The highest BCUT2D eigenvalue weighted by Gasteiger charge is 2.40. The number of fused-ring (bicyclic) bond motifs is 1. The standard InChI is InChI=1S/C23H24F3N5O3S/c24-23(25,26)19-17(35-22(27)29-19)11-30-7-5-12(6-8-30)13-1-2-15-14(9-13)10-31(21(15)34)16-3-4-18(32)28-20(16)33/h1-2,9,12,16H,3-8,10-11H2,(H2,27,29)(H,28,32,33). The van der Waals surface area contributed by atoms with E-state index in [-0.39, 0.29) is 40.7 Å². The van der Waals surface area contributed by atoms with E-state index in [0.717, 1.165) is 35.3 Å². The number of aromatic nitrogens is 1. The number of alkyl halides is 3. The molecule has 1 unspecified atom stereocenters. The molecular weight excluding hydrogens is 483 g/mol. The van der Waals surface area contributed by atoms with E-state index in [9.17, 15) is 27.6 Å². The number of nitrogens with zero attached hydrogens (tertiary/aromatic N) is 3. The molecule has 3 N–H and O–H groups in total. The van der Waals surface area contributed by atoms with Crippen molar-refractivity contribution < 1.29 is 27.6 Å². The third-order valence-electron chi connectivity index (χ3n) is 6.96. The summed E-state index contributed by atoms with van der Waals surface area (Å²) in [5.41, 5.74) is 7.14. The Balaban J connectivity index is 1.23. The Kier molecular flexibility index (Phi) is 6.04. The Bertz CT molecular complexity index is 1190. The normalized spacial score (nSPS) is 22.0. The lowest BCUT2D eigenvalue weighted by Crippen LogP contribution is -2.52. The highest BCUT2D eigenvalue weighted by molar-refractivity contribution is 7.15. The summed E-state index contributed by atoms with van der Waals surface area (Å²) >= 11 is 0.879. The van der Waals surface area contributed by atoms with E-state index in [0.29, 0.717) is 31.6 Å². The van der Waals surface area contributed by atoms with E-state index in [1.807, 2.05) is 17.0 Å². The van der Waals surface area contributed by atoms with Crippen LogP contribution in [0.25, 0.3) is 0 Å². The molecule has 1 aromatic carbocycles. The van der Waals surface area contributed by atoms with Crippen LogP contribution in [0.5, 0.6) is 0 Å². The van der Waals surface area contributed by atoms with Crippen molar-refractivity contribution >= 4 is 34.2 Å². The van der Waals surface area contributed by atoms with Gasteiger partial charge in [-0.25, -0.2) is 4.98 Å². The van der Waals surface area contributed by atoms with Crippen LogP contribution in [0, 0.1) is 0 Å². The zero-order chi connectivity index (χ0) is 24.9. The molecule has 0 bridgehead atoms. The minimum atomic E-state index is -4.52. The molecule has 2 fully saturated rings. The molecule has 0 aliphatic carbocycles. The van der Waals surface area contributed by atoms with E-state index in [2.05, 4.69) is 10.3 Å². The monoisotopic (exact) mass is 507 g/mol. The van der Waals surface area contributed by atoms with Crippen LogP contribution in [0.4, 0.5) is 18.3 Å². The molecule has 0 radical (unpaired) electrons. The minimum absolute atomic E-state index is 0.0822. The van der Waals surface area contributed by atoms with Crippen LogP contribution in [-0.2, 0) is 28.9 Å². The highest BCUT2D eigenvalue weighted by Crippen LogP contribution is 2.38. The number of nitrogens with one attached hydrogen (secondary N) is 1. The molecule has 1 aromatic heterocycles. The predicted molar refractivity (Wildman–Crippen MR) is 121 cm³/mol. The SMILES string of the molecule is Nc1nc(C(F)(F)F)c(CN2CCC(c3ccc4c(c3)CN(C3CCC(=O)NC3=O)C4=O)CC2)s1. The first-order valence-corrected chi connectivity index (χ1v) is 12.2. The number of thiazole rings is 1. The van der Waals surface area contributed by atoms with Gasteiger partial charge in [-0.2, -0.15) is 13.2 Å². The summed E-state index contributed by atoms with van der Waals surface area (Å²) in [5.74, 6) is -0.742. The van der Waals surface area contributed by atoms with Gasteiger partial charge in [-0.1, -0.05) is 12.1 Å². The molecule has 4 heterocycles. The first kappa shape index (κ1) is 23.7. The van der Waals surface area contributed by atoms with E-state index in [4.69, 9.17) is 5.73 Å². The van der Waals surface area contributed by atoms with Crippen molar-refractivity contribution in [3.63, 3.8) is 0 Å². The van der Waals surface area contributed by atoms with Gasteiger partial charge in [0, 0.05) is 25.1 Å². The summed E-state index contributed by atoms with van der Waals surface area (Å²) < 4.78 is 39.7. The largest absolute Gasteiger partial charge is 0.434 e. The smallest absolute Gasteiger partial charge is 0.375 e. The third-order valence-corrected chi connectivity index (χ3v) is 7.83. The van der Waals surface area contributed by atoms with E-state index < -0.39 is 23.8 Å². The number of carbonyl (C=O) groups is 3. The Hall–Kier alpha value is -2.99. The van der Waals surface area contributed by atoms with Crippen molar-refractivity contribution in [2.24, 2.45) is 0 Å². The van der Waals surface area contributed by atoms with Gasteiger partial charge < -0.3 is 10.6 Å². The number of nitrogen functional groups attached to an aromatic ring is 1. The molecule has 2 aromatic rings. The second-order valence-corrected chi connectivity index (χ2v) is 10.3. The van der Waals surface area contributed by atoms with E-state index in [1.54, 1.807) is 6.07 Å². The van der Waals surface area contributed by atoms with Crippen LogP contribution in [0.2, 0.25) is 0 Å². The molecule has 1 atom stereocenters. The maximum atomic E-state index is 13.2. The number of hydrogen-bond donors (Lipinski definition) is 2. The van der Waals surface area contributed by atoms with Gasteiger partial charge in [0.05, 0.1) is 4.88 Å². The van der Waals surface area contributed by atoms with Crippen molar-refractivity contribution in [1.29, 1.82) is 0 Å². The van der Waals surface area contributed by atoms with Gasteiger partial charge in [0.2, 0.25) is 11.8 Å². The number of likely N-dealkylation sites (tertiary alicyclic amines) is 1. The number of piperidine rings is 2. The minimum Gasteiger partial charge on any atom is -0.375 e. The number of carbonyl (C=O) groups excluding carboxylic acids is 3. The maximum Gasteiger partial charge on any atom is 0.434 e. The summed E-state index contributed by atoms with van der Waals surface area (Å²) in [6.45, 7) is 1.76. The lowest BCUT2D eigenvalue weighted by Gasteiger charge is -2.32. The fourth-order valence-electron chi connectivity index (χ4n) is 5.17. The van der Waals surface area contributed by atoms with Gasteiger partial charge >= 0.3 is 6.18 Å². The van der Waals surface area contributed by atoms with Crippen molar-refractivity contribution in [2.75, 3.05) is 18.8 Å². The fraction of sp³-hybridized carbons (Fsp3) is 0.478. The lowest BCUT2D eigenvalue weighted by molar-refractivity contribution is -0.141. The second kappa shape index (κ2) is 8.90. The fourth-order valence-corrected chi connectivity index (χ4v) is 6.07. The molecule has 35 heavy (non-hydrogen) atoms. The molecule has 3 amide bonds. The summed E-state index contributed by atoms with van der Waals surface area (Å²) in [6.07, 6.45) is -2.44. The number of benzene rings is 1. The lowest BCUT2D eigenvalue weighted by atomic mass is 9.88. The second-order valence-electron chi connectivity index (χ2n) is 9.19. The summed E-state index contributed by atoms with van der Waals surface area (Å²) in [6, 6.07) is 5.07. The first-order valence-electron chi connectivity index (χ1n) is 11.4. The number of imide groups is 1. The molecule has 12 heteroatoms. The van der Waals surface area contributed by atoms with Gasteiger partial charge in [0.25, 0.3) is 5.91 Å². The summed E-state index contributed by atoms with van der Waals surface area (Å²) in [5, 5.41) is 2.22. The van der Waals surface area contributed by atoms with E-state index in [1.165, 1.54) is 4.90 Å². The van der Waals surface area contributed by atoms with Crippen molar-refractivity contribution in [3.05, 3.63) is 45.5 Å². The van der Waals surface area contributed by atoms with Crippen molar-refractivity contribution in [3.8, 4) is 0 Å². The molecule has 3 aliphatic rings. The van der Waals surface area contributed by atoms with Crippen LogP contribution in [-0.4, -0.2) is 51.6 Å². The number of halogens is 3. The van der Waals surface area contributed by atoms with Crippen molar-refractivity contribution in [1.82, 2.24) is 20.1 Å². The molecule has 0 saturated carbocycles. The summed E-state index contributed by atoms with van der Waals surface area (Å²) in [4.78, 5) is 43.7. The topological polar surface area (TPSA) is 109 Å². The zero-order valence-electron chi connectivity index (χ0n) is 18.7. The quantitative estimate of drug-likeness (QED) is 0.616. The van der Waals surface area contributed by atoms with Gasteiger partial charge in [-0.3, -0.25) is 24.6 Å². The molecule has 3 aliphatic heterocycles. The highest BCUT2D eigenvalue weighted by atomic mass is 32.1. The van der Waals surface area contributed by atoms with Crippen LogP contribution in [0.15, 0.2) is 18.2 Å². The zero-order valence-corrected chi connectivity index (χ0v) is 19.5. The van der Waals surface area contributed by atoms with Crippen LogP contribution < -0.4 is 11.1 Å². The molecule has 2 saturated heterocycles. The van der Waals surface area contributed by atoms with Crippen molar-refractivity contribution in [2.45, 2.75) is 56.9 Å². The Morgan fingerprint density at radius 2 is 1.89 bits per heavy atom. The number of amides is 3. The predicted octanol–water partition coefficient (Wildman–Crippen LogP) is 2.88. The third kappa shape index (κ3) is 4.64. The molecule has 186 valence electrons. The molecule has 5 rings (SSSR count). The van der Waals surface area contributed by atoms with Crippen LogP contribution in [0.3, 0.4) is 0 Å². The Morgan fingerprint density at radius 1 is 1.14 bits per heavy atom. The first-order chi connectivity index (χ1) is 16.6. The van der Waals surface area contributed by atoms with Crippen LogP contribution >= 0.6 is 11.3 Å². The molecular formula is C23H24F3N5O3S. The van der Waals surface area contributed by atoms with Crippen LogP contribution in [0.1, 0.15) is 63.7 Å². The van der Waals surface area contributed by atoms with Gasteiger partial charge in [0.15, 0.2) is 10.8 Å². The van der Waals surface area contributed by atoms with Gasteiger partial charge in [-0.15, -0.1) is 11.3 Å². The number of hydrogen-bond acceptors (Lipinski definition) is 7. The molecule has 8 nitrogen and oxygen atoms in total. The number of nitrogens with two attached hydrogens (primary N) is 1. The average Bonchev–Trinajstić information content (AvgIpc) is 3.33.